The van der Waals surface area contributed by atoms with Crippen LogP contribution in [-0.2, 0) is 0 Å². The van der Waals surface area contributed by atoms with E-state index in [1.807, 2.05) is 6.07 Å². The summed E-state index contributed by atoms with van der Waals surface area (Å²) < 4.78 is 5.18. The summed E-state index contributed by atoms with van der Waals surface area (Å²) in [4.78, 5) is 11.4. The largest absolute Gasteiger partial charge is 0.431 e. The molecule has 0 radical (unpaired) electrons. The van der Waals surface area contributed by atoms with Crippen molar-refractivity contribution in [1.29, 1.82) is 0 Å². The molecule has 0 saturated heterocycles. The van der Waals surface area contributed by atoms with Gasteiger partial charge < -0.3 is 9.52 Å². The summed E-state index contributed by atoms with van der Waals surface area (Å²) in [6.07, 6.45) is 13.5. The van der Waals surface area contributed by atoms with E-state index in [2.05, 4.69) is 19.9 Å². The van der Waals surface area contributed by atoms with Gasteiger partial charge in [-0.1, -0.05) is 19.9 Å². The van der Waals surface area contributed by atoms with Gasteiger partial charge in [0, 0.05) is 11.6 Å². The first kappa shape index (κ1) is 17.7. The molecule has 0 amide bonds. The van der Waals surface area contributed by atoms with Crippen LogP contribution in [0.1, 0.15) is 70.8 Å². The monoisotopic (exact) mass is 368 g/mol. The molecule has 7 atom stereocenters. The Balaban J connectivity index is 1.44. The number of aliphatic hydroxyl groups excluding tert-OH is 1. The lowest BCUT2D eigenvalue weighted by Gasteiger charge is -2.60. The van der Waals surface area contributed by atoms with Crippen molar-refractivity contribution in [1.82, 2.24) is 0 Å². The molecule has 146 valence electrons. The molecule has 1 aromatic rings. The zero-order chi connectivity index (χ0) is 18.8. The molecule has 0 spiro atoms. The Kier molecular flexibility index (Phi) is 3.99. The fourth-order valence-electron chi connectivity index (χ4n) is 7.76. The standard InChI is InChI=1S/C24H32O3/c1-23-11-9-17(25)13-16(23)4-5-18-20-7-6-19(15-3-8-22(26)27-14-15)24(20,2)12-10-21(18)23/h3,6,8,14,16-18,20-21,25H,4-5,7,9-13H2,1-2H3/t16-,17+,18?,20-,21?,23?,24-/m1/s1. The number of rotatable bonds is 1. The molecular weight excluding hydrogens is 336 g/mol. The normalized spacial score (nSPS) is 46.2. The van der Waals surface area contributed by atoms with Crippen LogP contribution >= 0.6 is 0 Å². The smallest absolute Gasteiger partial charge is 0.335 e. The van der Waals surface area contributed by atoms with Gasteiger partial charge in [-0.2, -0.15) is 0 Å². The van der Waals surface area contributed by atoms with Crippen LogP contribution in [0.5, 0.6) is 0 Å². The van der Waals surface area contributed by atoms with Gasteiger partial charge in [0.05, 0.1) is 6.10 Å². The molecule has 4 aliphatic carbocycles. The topological polar surface area (TPSA) is 50.4 Å². The Morgan fingerprint density at radius 3 is 2.70 bits per heavy atom. The molecule has 0 aromatic carbocycles. The third-order valence-electron chi connectivity index (χ3n) is 9.23. The van der Waals surface area contributed by atoms with Gasteiger partial charge in [0.2, 0.25) is 0 Å². The van der Waals surface area contributed by atoms with Gasteiger partial charge in [-0.25, -0.2) is 4.79 Å². The molecule has 27 heavy (non-hydrogen) atoms. The average molecular weight is 369 g/mol. The van der Waals surface area contributed by atoms with Crippen LogP contribution in [0.3, 0.4) is 0 Å². The molecule has 3 unspecified atom stereocenters. The third-order valence-corrected chi connectivity index (χ3v) is 9.23. The van der Waals surface area contributed by atoms with Gasteiger partial charge in [0.15, 0.2) is 0 Å². The van der Waals surface area contributed by atoms with Crippen LogP contribution in [0.15, 0.2) is 33.7 Å². The maximum atomic E-state index is 11.4. The van der Waals surface area contributed by atoms with Crippen molar-refractivity contribution in [3.8, 4) is 0 Å². The van der Waals surface area contributed by atoms with Crippen molar-refractivity contribution >= 4 is 5.57 Å². The minimum absolute atomic E-state index is 0.0685. The molecule has 3 fully saturated rings. The number of hydrogen-bond acceptors (Lipinski definition) is 3. The number of allylic oxidation sites excluding steroid dienone is 2. The molecule has 3 saturated carbocycles. The minimum atomic E-state index is -0.270. The van der Waals surface area contributed by atoms with E-state index in [4.69, 9.17) is 4.42 Å². The third kappa shape index (κ3) is 2.53. The molecule has 1 N–H and O–H groups in total. The molecule has 0 aliphatic heterocycles. The molecule has 0 bridgehead atoms. The summed E-state index contributed by atoms with van der Waals surface area (Å²) in [5.74, 6) is 3.03. The van der Waals surface area contributed by atoms with E-state index < -0.39 is 0 Å². The highest BCUT2D eigenvalue weighted by Crippen LogP contribution is 2.67. The lowest BCUT2D eigenvalue weighted by atomic mass is 9.44. The maximum Gasteiger partial charge on any atom is 0.335 e. The lowest BCUT2D eigenvalue weighted by molar-refractivity contribution is -0.115. The van der Waals surface area contributed by atoms with Gasteiger partial charge in [-0.3, -0.25) is 0 Å². The second-order valence-corrected chi connectivity index (χ2v) is 10.2. The van der Waals surface area contributed by atoms with Gasteiger partial charge in [0.25, 0.3) is 0 Å². The highest BCUT2D eigenvalue weighted by Gasteiger charge is 2.58. The van der Waals surface area contributed by atoms with E-state index in [1.54, 1.807) is 12.3 Å². The zero-order valence-corrected chi connectivity index (χ0v) is 16.6. The van der Waals surface area contributed by atoms with Crippen LogP contribution in [0, 0.1) is 34.5 Å². The molecule has 1 aromatic heterocycles. The molecular formula is C24H32O3. The van der Waals surface area contributed by atoms with Crippen LogP contribution in [0.25, 0.3) is 5.57 Å². The molecule has 1 heterocycles. The number of aliphatic hydroxyl groups is 1. The second-order valence-electron chi connectivity index (χ2n) is 10.2. The Labute approximate surface area is 161 Å². The quantitative estimate of drug-likeness (QED) is 0.756. The Bertz CT molecular complexity index is 803. The Morgan fingerprint density at radius 2 is 1.93 bits per heavy atom. The van der Waals surface area contributed by atoms with Gasteiger partial charge in [-0.05, 0) is 97.5 Å². The Morgan fingerprint density at radius 1 is 1.07 bits per heavy atom. The highest BCUT2D eigenvalue weighted by molar-refractivity contribution is 5.72. The van der Waals surface area contributed by atoms with E-state index >= 15 is 0 Å². The van der Waals surface area contributed by atoms with Crippen LogP contribution in [0.2, 0.25) is 0 Å². The van der Waals surface area contributed by atoms with Crippen molar-refractivity contribution < 1.29 is 9.52 Å². The van der Waals surface area contributed by atoms with Crippen molar-refractivity contribution in [2.24, 2.45) is 34.5 Å². The summed E-state index contributed by atoms with van der Waals surface area (Å²) in [6.45, 7) is 5.00. The average Bonchev–Trinajstić information content (AvgIpc) is 3.00. The zero-order valence-electron chi connectivity index (χ0n) is 16.6. The SMILES string of the molecule is CC12CC[C@H](O)C[C@H]1CCC1C2CC[C@]2(C)C(c3ccc(=O)oc3)=CC[C@H]12. The van der Waals surface area contributed by atoms with Gasteiger partial charge in [-0.15, -0.1) is 0 Å². The predicted molar refractivity (Wildman–Crippen MR) is 106 cm³/mol. The van der Waals surface area contributed by atoms with E-state index in [1.165, 1.54) is 37.7 Å². The second kappa shape index (κ2) is 6.07. The number of fused-ring (bicyclic) bond motifs is 5. The fourth-order valence-corrected chi connectivity index (χ4v) is 7.76. The highest BCUT2D eigenvalue weighted by atomic mass is 16.4. The van der Waals surface area contributed by atoms with E-state index in [9.17, 15) is 9.90 Å². The van der Waals surface area contributed by atoms with Gasteiger partial charge >= 0.3 is 5.63 Å². The molecule has 5 rings (SSSR count). The summed E-state index contributed by atoms with van der Waals surface area (Å²) in [6, 6.07) is 3.50. The van der Waals surface area contributed by atoms with Crippen LogP contribution in [0.4, 0.5) is 0 Å². The first-order valence-corrected chi connectivity index (χ1v) is 10.9. The summed E-state index contributed by atoms with van der Waals surface area (Å²) in [5.41, 5.74) is 2.86. The first-order chi connectivity index (χ1) is 12.9. The van der Waals surface area contributed by atoms with Crippen molar-refractivity contribution in [2.75, 3.05) is 0 Å². The van der Waals surface area contributed by atoms with E-state index in [0.29, 0.717) is 17.3 Å². The maximum absolute atomic E-state index is 11.4. The van der Waals surface area contributed by atoms with E-state index in [-0.39, 0.29) is 17.1 Å². The van der Waals surface area contributed by atoms with E-state index in [0.717, 1.165) is 36.7 Å². The lowest BCUT2D eigenvalue weighted by Crippen LogP contribution is -2.53. The summed E-state index contributed by atoms with van der Waals surface area (Å²) in [7, 11) is 0. The van der Waals surface area contributed by atoms with Crippen LogP contribution < -0.4 is 5.63 Å². The minimum Gasteiger partial charge on any atom is -0.431 e. The molecule has 4 aliphatic rings. The summed E-state index contributed by atoms with van der Waals surface area (Å²) in [5, 5.41) is 10.2. The number of hydrogen-bond donors (Lipinski definition) is 1. The first-order valence-electron chi connectivity index (χ1n) is 10.9. The Hall–Kier alpha value is -1.35. The predicted octanol–water partition coefficient (Wildman–Crippen LogP) is 5.04. The summed E-state index contributed by atoms with van der Waals surface area (Å²) >= 11 is 0. The fraction of sp³-hybridized carbons (Fsp3) is 0.708. The van der Waals surface area contributed by atoms with Crippen molar-refractivity contribution in [3.05, 3.63) is 40.5 Å². The van der Waals surface area contributed by atoms with Crippen molar-refractivity contribution in [3.63, 3.8) is 0 Å². The molecule has 3 nitrogen and oxygen atoms in total. The van der Waals surface area contributed by atoms with Crippen LogP contribution in [-0.4, -0.2) is 11.2 Å². The van der Waals surface area contributed by atoms with Gasteiger partial charge in [0.1, 0.15) is 6.26 Å². The molecule has 3 heteroatoms. The van der Waals surface area contributed by atoms with Crippen molar-refractivity contribution in [2.45, 2.75) is 71.3 Å².